The number of Topliss-reactive ketones (excluding diaryl/α,β-unsaturated/α-hetero) is 1. The van der Waals surface area contributed by atoms with Crippen molar-refractivity contribution in [3.63, 3.8) is 0 Å². The van der Waals surface area contributed by atoms with Crippen LogP contribution in [0.2, 0.25) is 10.0 Å². The Morgan fingerprint density at radius 2 is 1.84 bits per heavy atom. The van der Waals surface area contributed by atoms with Crippen molar-refractivity contribution < 1.29 is 14.3 Å². The third-order valence-electron chi connectivity index (χ3n) is 2.66. The van der Waals surface area contributed by atoms with Gasteiger partial charge in [0.15, 0.2) is 0 Å². The first-order valence-electron chi connectivity index (χ1n) is 5.45. The van der Waals surface area contributed by atoms with E-state index in [-0.39, 0.29) is 10.6 Å². The topological polar surface area (TPSA) is 95.4 Å². The van der Waals surface area contributed by atoms with Gasteiger partial charge in [-0.15, -0.1) is 0 Å². The maximum atomic E-state index is 12.3. The van der Waals surface area contributed by atoms with E-state index in [4.69, 9.17) is 39.4 Å². The van der Waals surface area contributed by atoms with Crippen molar-refractivity contribution in [3.05, 3.63) is 33.8 Å². The van der Waals surface area contributed by atoms with Gasteiger partial charge in [0.25, 0.3) is 0 Å². The number of primary amides is 1. The van der Waals surface area contributed by atoms with Crippen LogP contribution in [0.1, 0.15) is 24.2 Å². The van der Waals surface area contributed by atoms with Gasteiger partial charge in [0.2, 0.25) is 11.5 Å². The minimum absolute atomic E-state index is 0.187. The zero-order valence-electron chi connectivity index (χ0n) is 10.4. The van der Waals surface area contributed by atoms with Crippen molar-refractivity contribution in [1.29, 1.82) is 0 Å². The van der Waals surface area contributed by atoms with Crippen molar-refractivity contribution >= 4 is 35.1 Å². The lowest BCUT2D eigenvalue weighted by Gasteiger charge is -2.30. The molecule has 19 heavy (non-hydrogen) atoms. The van der Waals surface area contributed by atoms with E-state index >= 15 is 0 Å². The number of benzene rings is 1. The molecule has 1 aromatic carbocycles. The molecule has 0 saturated heterocycles. The molecule has 5 nitrogen and oxygen atoms in total. The molecule has 0 spiro atoms. The van der Waals surface area contributed by atoms with Crippen molar-refractivity contribution in [2.75, 3.05) is 0 Å². The number of ether oxygens (including phenoxy) is 1. The SMILES string of the molecule is CC(C)C(N)(OC(N)=O)C(=O)c1ccc(Cl)c(Cl)c1. The highest BCUT2D eigenvalue weighted by atomic mass is 35.5. The van der Waals surface area contributed by atoms with Crippen LogP contribution in [0.25, 0.3) is 0 Å². The van der Waals surface area contributed by atoms with Crippen molar-refractivity contribution in [3.8, 4) is 0 Å². The molecule has 0 aliphatic carbocycles. The summed E-state index contributed by atoms with van der Waals surface area (Å²) in [7, 11) is 0. The zero-order chi connectivity index (χ0) is 14.8. The van der Waals surface area contributed by atoms with Crippen molar-refractivity contribution in [2.45, 2.75) is 19.6 Å². The van der Waals surface area contributed by atoms with Gasteiger partial charge in [-0.3, -0.25) is 10.5 Å². The Balaban J connectivity index is 3.19. The molecule has 1 rings (SSSR count). The summed E-state index contributed by atoms with van der Waals surface area (Å²) < 4.78 is 4.78. The fraction of sp³-hybridized carbons (Fsp3) is 0.333. The summed E-state index contributed by atoms with van der Waals surface area (Å²) in [5.74, 6) is -1.07. The van der Waals surface area contributed by atoms with E-state index in [1.165, 1.54) is 18.2 Å². The number of rotatable bonds is 4. The summed E-state index contributed by atoms with van der Waals surface area (Å²) in [5, 5.41) is 0.513. The number of ketones is 1. The fourth-order valence-corrected chi connectivity index (χ4v) is 1.75. The number of carbonyl (C=O) groups is 2. The molecule has 0 aromatic heterocycles. The largest absolute Gasteiger partial charge is 0.420 e. The molecule has 0 bridgehead atoms. The predicted octanol–water partition coefficient (Wildman–Crippen LogP) is 2.58. The van der Waals surface area contributed by atoms with Crippen molar-refractivity contribution in [1.82, 2.24) is 0 Å². The molecule has 1 atom stereocenters. The van der Waals surface area contributed by atoms with Crippen LogP contribution in [-0.4, -0.2) is 17.6 Å². The van der Waals surface area contributed by atoms with E-state index in [1.807, 2.05) is 0 Å². The lowest BCUT2D eigenvalue weighted by atomic mass is 9.91. The molecule has 0 aliphatic rings. The van der Waals surface area contributed by atoms with Crippen LogP contribution in [0.4, 0.5) is 4.79 Å². The van der Waals surface area contributed by atoms with Gasteiger partial charge in [-0.2, -0.15) is 0 Å². The standard InChI is InChI=1S/C12H14Cl2N2O3/c1-6(2)12(16,19-11(15)18)10(17)7-3-4-8(13)9(14)5-7/h3-6H,16H2,1-2H3,(H2,15,18). The molecular weight excluding hydrogens is 291 g/mol. The van der Waals surface area contributed by atoms with E-state index in [0.717, 1.165) is 0 Å². The maximum absolute atomic E-state index is 12.3. The highest BCUT2D eigenvalue weighted by molar-refractivity contribution is 6.42. The predicted molar refractivity (Wildman–Crippen MR) is 73.2 cm³/mol. The average Bonchev–Trinajstić information content (AvgIpc) is 2.30. The number of amides is 1. The first-order valence-corrected chi connectivity index (χ1v) is 6.21. The van der Waals surface area contributed by atoms with Crippen molar-refractivity contribution in [2.24, 2.45) is 17.4 Å². The summed E-state index contributed by atoms with van der Waals surface area (Å²) in [4.78, 5) is 23.2. The minimum Gasteiger partial charge on any atom is -0.420 e. The summed E-state index contributed by atoms with van der Waals surface area (Å²) in [5.41, 5.74) is 9.15. The lowest BCUT2D eigenvalue weighted by Crippen LogP contribution is -2.56. The van der Waals surface area contributed by atoms with E-state index in [1.54, 1.807) is 13.8 Å². The number of halogens is 2. The molecule has 1 amide bonds. The number of hydrogen-bond donors (Lipinski definition) is 2. The van der Waals surface area contributed by atoms with Gasteiger partial charge < -0.3 is 10.5 Å². The molecule has 0 aliphatic heterocycles. The molecule has 7 heteroatoms. The van der Waals surface area contributed by atoms with Crippen LogP contribution >= 0.6 is 23.2 Å². The van der Waals surface area contributed by atoms with Crippen LogP contribution in [0, 0.1) is 5.92 Å². The van der Waals surface area contributed by atoms with Crippen LogP contribution in [0.3, 0.4) is 0 Å². The molecule has 4 N–H and O–H groups in total. The number of nitrogens with two attached hydrogens (primary N) is 2. The molecule has 104 valence electrons. The summed E-state index contributed by atoms with van der Waals surface area (Å²) >= 11 is 11.6. The number of hydrogen-bond acceptors (Lipinski definition) is 4. The summed E-state index contributed by atoms with van der Waals surface area (Å²) in [6.45, 7) is 3.27. The van der Waals surface area contributed by atoms with Gasteiger partial charge in [0, 0.05) is 11.5 Å². The zero-order valence-corrected chi connectivity index (χ0v) is 12.0. The molecule has 1 unspecified atom stereocenters. The normalized spacial score (nSPS) is 14.0. The summed E-state index contributed by atoms with van der Waals surface area (Å²) in [6.07, 6.45) is -1.12. The van der Waals surface area contributed by atoms with E-state index in [2.05, 4.69) is 0 Å². The Bertz CT molecular complexity index is 520. The van der Waals surface area contributed by atoms with Crippen LogP contribution in [-0.2, 0) is 4.74 Å². The van der Waals surface area contributed by atoms with Gasteiger partial charge in [-0.25, -0.2) is 4.79 Å². The first-order chi connectivity index (χ1) is 8.68. The Morgan fingerprint density at radius 1 is 1.26 bits per heavy atom. The lowest BCUT2D eigenvalue weighted by molar-refractivity contribution is -0.00240. The second kappa shape index (κ2) is 5.77. The molecular formula is C12H14Cl2N2O3. The molecule has 1 aromatic rings. The Kier molecular flexibility index (Phi) is 4.79. The monoisotopic (exact) mass is 304 g/mol. The molecule has 0 heterocycles. The van der Waals surface area contributed by atoms with E-state index in [0.29, 0.717) is 5.02 Å². The van der Waals surface area contributed by atoms with Crippen LogP contribution < -0.4 is 11.5 Å². The van der Waals surface area contributed by atoms with E-state index in [9.17, 15) is 9.59 Å². The second-order valence-electron chi connectivity index (χ2n) is 4.33. The Labute approximate surface area is 120 Å². The van der Waals surface area contributed by atoms with Crippen LogP contribution in [0.5, 0.6) is 0 Å². The Morgan fingerprint density at radius 3 is 2.26 bits per heavy atom. The minimum atomic E-state index is -1.84. The summed E-state index contributed by atoms with van der Waals surface area (Å²) in [6, 6.07) is 4.27. The third kappa shape index (κ3) is 3.37. The average molecular weight is 305 g/mol. The smallest absolute Gasteiger partial charge is 0.406 e. The molecule has 0 radical (unpaired) electrons. The van der Waals surface area contributed by atoms with Gasteiger partial charge >= 0.3 is 6.09 Å². The van der Waals surface area contributed by atoms with Gasteiger partial charge in [-0.1, -0.05) is 37.0 Å². The fourth-order valence-electron chi connectivity index (χ4n) is 1.46. The first kappa shape index (κ1) is 15.8. The molecule has 0 saturated carbocycles. The van der Waals surface area contributed by atoms with E-state index < -0.39 is 23.5 Å². The highest BCUT2D eigenvalue weighted by Gasteiger charge is 2.41. The van der Waals surface area contributed by atoms with Gasteiger partial charge in [-0.05, 0) is 18.2 Å². The van der Waals surface area contributed by atoms with Gasteiger partial charge in [0.1, 0.15) is 0 Å². The second-order valence-corrected chi connectivity index (χ2v) is 5.14. The maximum Gasteiger partial charge on any atom is 0.406 e. The third-order valence-corrected chi connectivity index (χ3v) is 3.40. The van der Waals surface area contributed by atoms with Crippen LogP contribution in [0.15, 0.2) is 18.2 Å². The van der Waals surface area contributed by atoms with Gasteiger partial charge in [0.05, 0.1) is 10.0 Å². The highest BCUT2D eigenvalue weighted by Crippen LogP contribution is 2.27. The number of carbonyl (C=O) groups excluding carboxylic acids is 2. The molecule has 0 fully saturated rings. The Hall–Kier alpha value is -1.30. The quantitative estimate of drug-likeness (QED) is 0.660.